The zero-order valence-corrected chi connectivity index (χ0v) is 8.80. The summed E-state index contributed by atoms with van der Waals surface area (Å²) in [5, 5.41) is 9.60. The van der Waals surface area contributed by atoms with Crippen LogP contribution in [0.4, 0.5) is 0 Å². The average Bonchev–Trinajstić information content (AvgIpc) is 2.51. The Kier molecular flexibility index (Phi) is 5.11. The van der Waals surface area contributed by atoms with Crippen molar-refractivity contribution in [3.63, 3.8) is 0 Å². The fraction of sp³-hybridized carbons (Fsp3) is 0.571. The minimum absolute atomic E-state index is 0. The number of amides is 1. The van der Waals surface area contributed by atoms with Gasteiger partial charge in [0, 0.05) is 12.6 Å². The molecule has 0 fully saturated rings. The highest BCUT2D eigenvalue weighted by molar-refractivity contribution is 5.93. The number of halogens is 1. The van der Waals surface area contributed by atoms with E-state index in [1.807, 2.05) is 0 Å². The smallest absolute Gasteiger partial charge is 0.275 e. The second-order valence-corrected chi connectivity index (χ2v) is 2.81. The van der Waals surface area contributed by atoms with Gasteiger partial charge < -0.3 is 11.1 Å². The van der Waals surface area contributed by atoms with Gasteiger partial charge in [-0.25, -0.2) is 4.63 Å². The van der Waals surface area contributed by atoms with Crippen molar-refractivity contribution in [2.24, 2.45) is 5.73 Å². The van der Waals surface area contributed by atoms with Crippen LogP contribution in [-0.4, -0.2) is 28.8 Å². The summed E-state index contributed by atoms with van der Waals surface area (Å²) in [6.45, 7) is 3.84. The largest absolute Gasteiger partial charge is 0.347 e. The molecule has 1 amide bonds. The maximum Gasteiger partial charge on any atom is 0.275 e. The van der Waals surface area contributed by atoms with Crippen molar-refractivity contribution in [3.8, 4) is 0 Å². The first-order valence-corrected chi connectivity index (χ1v) is 3.95. The summed E-state index contributed by atoms with van der Waals surface area (Å²) >= 11 is 0. The van der Waals surface area contributed by atoms with Crippen LogP contribution in [0.3, 0.4) is 0 Å². The molecule has 0 aliphatic heterocycles. The van der Waals surface area contributed by atoms with E-state index >= 15 is 0 Å². The molecule has 80 valence electrons. The van der Waals surface area contributed by atoms with Crippen LogP contribution in [0.1, 0.15) is 23.1 Å². The van der Waals surface area contributed by atoms with E-state index in [0.717, 1.165) is 0 Å². The normalized spacial score (nSPS) is 11.6. The number of rotatable bonds is 3. The lowest BCUT2D eigenvalue weighted by molar-refractivity contribution is 0.0931. The molecule has 0 aromatic carbocycles. The van der Waals surface area contributed by atoms with Crippen LogP contribution >= 0.6 is 12.4 Å². The predicted octanol–water partition coefficient (Wildman–Crippen LogP) is -0.123. The lowest BCUT2D eigenvalue weighted by atomic mass is 10.3. The average molecular weight is 221 g/mol. The minimum Gasteiger partial charge on any atom is -0.347 e. The van der Waals surface area contributed by atoms with Crippen LogP contribution in [0.5, 0.6) is 0 Å². The molecule has 7 heteroatoms. The van der Waals surface area contributed by atoms with E-state index in [1.165, 1.54) is 0 Å². The van der Waals surface area contributed by atoms with Gasteiger partial charge in [0.05, 0.1) is 0 Å². The molecule has 0 bridgehead atoms. The highest BCUT2D eigenvalue weighted by Gasteiger charge is 2.15. The number of hydrogen-bond acceptors (Lipinski definition) is 5. The maximum absolute atomic E-state index is 11.4. The van der Waals surface area contributed by atoms with Gasteiger partial charge in [0.2, 0.25) is 0 Å². The molecule has 6 nitrogen and oxygen atoms in total. The molecule has 1 rings (SSSR count). The molecular formula is C7H13ClN4O2. The van der Waals surface area contributed by atoms with Gasteiger partial charge in [0.25, 0.3) is 5.91 Å². The fourth-order valence-corrected chi connectivity index (χ4v) is 0.789. The number of nitrogens with one attached hydrogen (secondary N) is 1. The minimum atomic E-state index is -0.309. The third kappa shape index (κ3) is 2.97. The molecule has 0 saturated heterocycles. The van der Waals surface area contributed by atoms with Crippen LogP contribution in [0.15, 0.2) is 4.63 Å². The predicted molar refractivity (Wildman–Crippen MR) is 52.3 cm³/mol. The molecule has 0 saturated carbocycles. The number of aryl methyl sites for hydroxylation is 1. The van der Waals surface area contributed by atoms with Gasteiger partial charge in [-0.3, -0.25) is 4.79 Å². The Balaban J connectivity index is 0.00000169. The first-order valence-electron chi connectivity index (χ1n) is 3.95. The van der Waals surface area contributed by atoms with Gasteiger partial charge in [0.1, 0.15) is 5.69 Å². The summed E-state index contributed by atoms with van der Waals surface area (Å²) < 4.78 is 4.39. The Bertz CT molecular complexity index is 302. The van der Waals surface area contributed by atoms with E-state index in [1.54, 1.807) is 13.8 Å². The molecule has 0 radical (unpaired) electrons. The molecule has 1 heterocycles. The topological polar surface area (TPSA) is 94.0 Å². The molecular weight excluding hydrogens is 208 g/mol. The van der Waals surface area contributed by atoms with Gasteiger partial charge in [-0.15, -0.1) is 12.4 Å². The fourth-order valence-electron chi connectivity index (χ4n) is 0.789. The molecule has 3 N–H and O–H groups in total. The number of hydrogen-bond donors (Lipinski definition) is 2. The highest BCUT2D eigenvalue weighted by atomic mass is 35.5. The van der Waals surface area contributed by atoms with Crippen LogP contribution in [-0.2, 0) is 0 Å². The summed E-state index contributed by atoms with van der Waals surface area (Å²) in [6, 6.07) is -0.0800. The Labute approximate surface area is 87.6 Å². The van der Waals surface area contributed by atoms with Crippen LogP contribution < -0.4 is 11.1 Å². The Hall–Kier alpha value is -1.14. The van der Waals surface area contributed by atoms with Crippen molar-refractivity contribution < 1.29 is 9.42 Å². The summed E-state index contributed by atoms with van der Waals surface area (Å²) in [6.07, 6.45) is 0. The zero-order chi connectivity index (χ0) is 9.84. The molecule has 0 aliphatic carbocycles. The third-order valence-corrected chi connectivity index (χ3v) is 1.60. The Morgan fingerprint density at radius 1 is 1.64 bits per heavy atom. The van der Waals surface area contributed by atoms with Crippen molar-refractivity contribution in [3.05, 3.63) is 11.4 Å². The van der Waals surface area contributed by atoms with Crippen LogP contribution in [0, 0.1) is 6.92 Å². The summed E-state index contributed by atoms with van der Waals surface area (Å²) in [4.78, 5) is 11.4. The summed E-state index contributed by atoms with van der Waals surface area (Å²) in [5.41, 5.74) is 6.02. The second-order valence-electron chi connectivity index (χ2n) is 2.81. The van der Waals surface area contributed by atoms with Crippen molar-refractivity contribution in [2.75, 3.05) is 6.54 Å². The molecule has 0 aliphatic rings. The van der Waals surface area contributed by atoms with E-state index < -0.39 is 0 Å². The van der Waals surface area contributed by atoms with Gasteiger partial charge in [-0.1, -0.05) is 5.16 Å². The van der Waals surface area contributed by atoms with E-state index in [9.17, 15) is 4.79 Å². The molecule has 0 spiro atoms. The van der Waals surface area contributed by atoms with Crippen molar-refractivity contribution in [2.45, 2.75) is 19.9 Å². The number of aromatic nitrogens is 2. The van der Waals surface area contributed by atoms with E-state index in [2.05, 4.69) is 20.3 Å². The molecule has 14 heavy (non-hydrogen) atoms. The van der Waals surface area contributed by atoms with Crippen LogP contribution in [0.25, 0.3) is 0 Å². The standard InChI is InChI=1S/C7H12N4O2.ClH/c1-4(3-8)9-7(12)6-5(2)10-13-11-6;/h4H,3,8H2,1-2H3,(H,9,12);1H/t4-;/m1./s1. The van der Waals surface area contributed by atoms with Crippen molar-refractivity contribution in [1.82, 2.24) is 15.6 Å². The molecule has 0 unspecified atom stereocenters. The van der Waals surface area contributed by atoms with Gasteiger partial charge in [-0.05, 0) is 19.0 Å². The molecule has 1 aromatic rings. The van der Waals surface area contributed by atoms with Crippen molar-refractivity contribution in [1.29, 1.82) is 0 Å². The quantitative estimate of drug-likeness (QED) is 0.741. The number of nitrogens with two attached hydrogens (primary N) is 1. The Morgan fingerprint density at radius 2 is 2.29 bits per heavy atom. The van der Waals surface area contributed by atoms with Gasteiger partial charge in [0.15, 0.2) is 5.69 Å². The second kappa shape index (κ2) is 5.56. The molecule has 1 atom stereocenters. The first-order chi connectivity index (χ1) is 6.15. The van der Waals surface area contributed by atoms with Gasteiger partial charge in [-0.2, -0.15) is 0 Å². The summed E-state index contributed by atoms with van der Waals surface area (Å²) in [5.74, 6) is -0.309. The zero-order valence-electron chi connectivity index (χ0n) is 7.98. The summed E-state index contributed by atoms with van der Waals surface area (Å²) in [7, 11) is 0. The van der Waals surface area contributed by atoms with Crippen molar-refractivity contribution >= 4 is 18.3 Å². The lowest BCUT2D eigenvalue weighted by Crippen LogP contribution is -2.38. The van der Waals surface area contributed by atoms with E-state index in [-0.39, 0.29) is 30.0 Å². The first kappa shape index (κ1) is 12.9. The third-order valence-electron chi connectivity index (χ3n) is 1.60. The maximum atomic E-state index is 11.4. The Morgan fingerprint density at radius 3 is 2.71 bits per heavy atom. The molecule has 1 aromatic heterocycles. The van der Waals surface area contributed by atoms with Gasteiger partial charge >= 0.3 is 0 Å². The highest BCUT2D eigenvalue weighted by Crippen LogP contribution is 1.99. The monoisotopic (exact) mass is 220 g/mol. The number of carbonyl (C=O) groups excluding carboxylic acids is 1. The number of nitrogens with zero attached hydrogens (tertiary/aromatic N) is 2. The SMILES string of the molecule is Cc1nonc1C(=O)N[C@H](C)CN.Cl. The lowest BCUT2D eigenvalue weighted by Gasteiger charge is -2.08. The van der Waals surface area contributed by atoms with Crippen LogP contribution in [0.2, 0.25) is 0 Å². The van der Waals surface area contributed by atoms with E-state index in [4.69, 9.17) is 5.73 Å². The number of carbonyl (C=O) groups is 1. The van der Waals surface area contributed by atoms with E-state index in [0.29, 0.717) is 12.2 Å².